The van der Waals surface area contributed by atoms with Crippen molar-refractivity contribution in [1.29, 1.82) is 0 Å². The average Bonchev–Trinajstić information content (AvgIpc) is 2.98. The number of fused-ring (bicyclic) bond motifs is 3. The highest BCUT2D eigenvalue weighted by molar-refractivity contribution is 9.10. The fourth-order valence-electron chi connectivity index (χ4n) is 3.74. The van der Waals surface area contributed by atoms with Crippen LogP contribution in [-0.4, -0.2) is 39.4 Å². The van der Waals surface area contributed by atoms with Crippen LogP contribution in [-0.2, 0) is 9.59 Å². The average molecular weight is 571 g/mol. The molecular weight excluding hydrogens is 548 g/mol. The summed E-state index contributed by atoms with van der Waals surface area (Å²) in [5.74, 6) is 0.388. The first-order valence-electron chi connectivity index (χ1n) is 11.0. The Balaban J connectivity index is 1.99. The first-order valence-corrected chi connectivity index (χ1v) is 12.8. The van der Waals surface area contributed by atoms with Gasteiger partial charge in [-0.25, -0.2) is 0 Å². The molecular formula is C25H23BrN4O5S. The molecule has 1 aromatic heterocycles. The largest absolute Gasteiger partial charge is 0.490 e. The molecule has 2 heterocycles. The molecule has 0 saturated heterocycles. The summed E-state index contributed by atoms with van der Waals surface area (Å²) in [7, 11) is 0. The van der Waals surface area contributed by atoms with Crippen LogP contribution in [0.25, 0.3) is 11.3 Å². The van der Waals surface area contributed by atoms with Crippen molar-refractivity contribution in [1.82, 2.24) is 15.2 Å². The topological polar surface area (TPSA) is 104 Å². The van der Waals surface area contributed by atoms with Gasteiger partial charge in [0.2, 0.25) is 23.2 Å². The predicted molar refractivity (Wildman–Crippen MR) is 139 cm³/mol. The highest BCUT2D eigenvalue weighted by Crippen LogP contribution is 2.47. The van der Waals surface area contributed by atoms with Crippen molar-refractivity contribution < 1.29 is 23.8 Å². The van der Waals surface area contributed by atoms with E-state index in [9.17, 15) is 9.59 Å². The molecule has 1 atom stereocenters. The lowest BCUT2D eigenvalue weighted by atomic mass is 10.1. The number of para-hydroxylation sites is 1. The van der Waals surface area contributed by atoms with Gasteiger partial charge in [0.15, 0.2) is 17.2 Å². The van der Waals surface area contributed by atoms with Crippen molar-refractivity contribution in [2.75, 3.05) is 17.3 Å². The number of aromatic nitrogens is 3. The summed E-state index contributed by atoms with van der Waals surface area (Å²) in [5, 5.41) is 9.00. The number of halogens is 1. The number of nitrogens with zero attached hydrogens (tertiary/aromatic N) is 4. The van der Waals surface area contributed by atoms with Crippen LogP contribution < -0.4 is 19.1 Å². The minimum absolute atomic E-state index is 0.146. The van der Waals surface area contributed by atoms with E-state index in [4.69, 9.17) is 14.2 Å². The molecule has 11 heteroatoms. The Morgan fingerprint density at radius 1 is 1.25 bits per heavy atom. The third-order valence-electron chi connectivity index (χ3n) is 5.04. The Hall–Kier alpha value is -3.44. The summed E-state index contributed by atoms with van der Waals surface area (Å²) >= 11 is 4.85. The van der Waals surface area contributed by atoms with Gasteiger partial charge in [0, 0.05) is 29.6 Å². The maximum atomic E-state index is 13.1. The molecule has 4 rings (SSSR count). The van der Waals surface area contributed by atoms with Gasteiger partial charge in [-0.1, -0.05) is 52.0 Å². The van der Waals surface area contributed by atoms with Crippen molar-refractivity contribution in [3.05, 3.63) is 59.1 Å². The molecule has 0 saturated carbocycles. The summed E-state index contributed by atoms with van der Waals surface area (Å²) in [6.45, 7) is 8.60. The lowest BCUT2D eigenvalue weighted by molar-refractivity contribution is -0.132. The van der Waals surface area contributed by atoms with Crippen LogP contribution in [0.2, 0.25) is 0 Å². The molecule has 3 aromatic rings. The molecule has 0 fully saturated rings. The van der Waals surface area contributed by atoms with E-state index < -0.39 is 12.2 Å². The Labute approximate surface area is 221 Å². The Morgan fingerprint density at radius 3 is 2.72 bits per heavy atom. The van der Waals surface area contributed by atoms with E-state index in [-0.39, 0.29) is 17.5 Å². The smallest absolute Gasteiger partial charge is 0.308 e. The number of hydrogen-bond acceptors (Lipinski definition) is 9. The zero-order valence-electron chi connectivity index (χ0n) is 19.9. The Kier molecular flexibility index (Phi) is 7.90. The van der Waals surface area contributed by atoms with Crippen molar-refractivity contribution in [3.8, 4) is 28.6 Å². The van der Waals surface area contributed by atoms with Gasteiger partial charge < -0.3 is 14.2 Å². The predicted octanol–water partition coefficient (Wildman–Crippen LogP) is 5.35. The third-order valence-corrected chi connectivity index (χ3v) is 6.33. The van der Waals surface area contributed by atoms with Crippen LogP contribution in [0.15, 0.2) is 58.7 Å². The SMILES string of the molecule is C=CCSc1nnc2c(n1)O[C@@H](c1cc(Br)cc(OCC)c1OC(C)=O)N(C(C)=O)c1ccccc1-2. The van der Waals surface area contributed by atoms with E-state index in [1.807, 2.05) is 25.1 Å². The number of esters is 1. The zero-order valence-corrected chi connectivity index (χ0v) is 22.3. The second-order valence-electron chi connectivity index (χ2n) is 7.57. The lowest BCUT2D eigenvalue weighted by Crippen LogP contribution is -2.36. The van der Waals surface area contributed by atoms with Crippen LogP contribution >= 0.6 is 27.7 Å². The molecule has 1 aliphatic rings. The number of anilines is 1. The van der Waals surface area contributed by atoms with Crippen molar-refractivity contribution >= 4 is 45.3 Å². The fraction of sp³-hybridized carbons (Fsp3) is 0.240. The summed E-state index contributed by atoms with van der Waals surface area (Å²) in [6, 6.07) is 10.7. The molecule has 0 spiro atoms. The third kappa shape index (κ3) is 5.21. The van der Waals surface area contributed by atoms with Gasteiger partial charge in [-0.2, -0.15) is 4.98 Å². The van der Waals surface area contributed by atoms with Gasteiger partial charge in [-0.05, 0) is 25.1 Å². The molecule has 1 aliphatic heterocycles. The number of amides is 1. The first kappa shape index (κ1) is 25.6. The van der Waals surface area contributed by atoms with Gasteiger partial charge in [0.05, 0.1) is 17.9 Å². The summed E-state index contributed by atoms with van der Waals surface area (Å²) in [6.07, 6.45) is 0.670. The molecule has 0 N–H and O–H groups in total. The van der Waals surface area contributed by atoms with Gasteiger partial charge in [-0.15, -0.1) is 16.8 Å². The minimum Gasteiger partial charge on any atom is -0.490 e. The highest BCUT2D eigenvalue weighted by Gasteiger charge is 2.37. The van der Waals surface area contributed by atoms with Gasteiger partial charge in [0.25, 0.3) is 0 Å². The van der Waals surface area contributed by atoms with Gasteiger partial charge >= 0.3 is 5.97 Å². The van der Waals surface area contributed by atoms with E-state index in [2.05, 4.69) is 37.7 Å². The lowest BCUT2D eigenvalue weighted by Gasteiger charge is -2.31. The monoisotopic (exact) mass is 570 g/mol. The molecule has 36 heavy (non-hydrogen) atoms. The van der Waals surface area contributed by atoms with Crippen LogP contribution in [0.3, 0.4) is 0 Å². The van der Waals surface area contributed by atoms with E-state index in [0.29, 0.717) is 50.2 Å². The van der Waals surface area contributed by atoms with E-state index in [1.165, 1.54) is 30.5 Å². The van der Waals surface area contributed by atoms with Crippen LogP contribution in [0.5, 0.6) is 17.4 Å². The Bertz CT molecular complexity index is 1340. The fourth-order valence-corrected chi connectivity index (χ4v) is 4.71. The second-order valence-corrected chi connectivity index (χ2v) is 9.48. The highest BCUT2D eigenvalue weighted by atomic mass is 79.9. The molecule has 0 radical (unpaired) electrons. The zero-order chi connectivity index (χ0) is 25.8. The molecule has 9 nitrogen and oxygen atoms in total. The van der Waals surface area contributed by atoms with Crippen molar-refractivity contribution in [2.24, 2.45) is 0 Å². The van der Waals surface area contributed by atoms with Gasteiger partial charge in [0.1, 0.15) is 0 Å². The standard InChI is InChI=1S/C25H23BrN4O5S/c1-5-11-36-25-27-23-21(28-29-25)17-9-7-8-10-19(17)30(14(3)31)24(35-23)18-12-16(26)13-20(33-6-2)22(18)34-15(4)32/h5,7-10,12-13,24H,1,6,11H2,2-4H3/t24-/m0/s1. The van der Waals surface area contributed by atoms with E-state index in [0.717, 1.165) is 0 Å². The molecule has 186 valence electrons. The van der Waals surface area contributed by atoms with Crippen LogP contribution in [0, 0.1) is 0 Å². The number of ether oxygens (including phenoxy) is 3. The number of carbonyl (C=O) groups excluding carboxylic acids is 2. The molecule has 0 bridgehead atoms. The number of hydrogen-bond donors (Lipinski definition) is 0. The second kappa shape index (κ2) is 11.1. The number of thioether (sulfide) groups is 1. The van der Waals surface area contributed by atoms with Crippen molar-refractivity contribution in [3.63, 3.8) is 0 Å². The Morgan fingerprint density at radius 2 is 2.03 bits per heavy atom. The number of benzene rings is 2. The summed E-state index contributed by atoms with van der Waals surface area (Å²) in [5.41, 5.74) is 1.94. The molecule has 1 amide bonds. The normalized spacial score (nSPS) is 14.1. The minimum atomic E-state index is -1.06. The van der Waals surface area contributed by atoms with Crippen LogP contribution in [0.1, 0.15) is 32.6 Å². The first-order chi connectivity index (χ1) is 17.3. The number of carbonyl (C=O) groups is 2. The number of rotatable bonds is 7. The van der Waals surface area contributed by atoms with E-state index >= 15 is 0 Å². The molecule has 2 aromatic carbocycles. The maximum absolute atomic E-state index is 13.1. The summed E-state index contributed by atoms with van der Waals surface area (Å²) in [4.78, 5) is 31.2. The van der Waals surface area contributed by atoms with Gasteiger partial charge in [-0.3, -0.25) is 14.5 Å². The summed E-state index contributed by atoms with van der Waals surface area (Å²) < 4.78 is 18.4. The maximum Gasteiger partial charge on any atom is 0.308 e. The van der Waals surface area contributed by atoms with Crippen molar-refractivity contribution in [2.45, 2.75) is 32.2 Å². The molecule has 0 aliphatic carbocycles. The van der Waals surface area contributed by atoms with Crippen LogP contribution in [0.4, 0.5) is 5.69 Å². The molecule has 0 unspecified atom stereocenters. The quantitative estimate of drug-likeness (QED) is 0.161. The van der Waals surface area contributed by atoms with E-state index in [1.54, 1.807) is 24.3 Å².